The van der Waals surface area contributed by atoms with Crippen LogP contribution >= 0.6 is 0 Å². The van der Waals surface area contributed by atoms with Crippen molar-refractivity contribution in [3.63, 3.8) is 0 Å². The van der Waals surface area contributed by atoms with Crippen LogP contribution < -0.4 is 0 Å². The van der Waals surface area contributed by atoms with Gasteiger partial charge in [-0.05, 0) is 36.0 Å². The van der Waals surface area contributed by atoms with E-state index in [2.05, 4.69) is 50.3 Å². The Morgan fingerprint density at radius 2 is 1.93 bits per heavy atom. The van der Waals surface area contributed by atoms with E-state index < -0.39 is 0 Å². The molecule has 0 fully saturated rings. The SMILES string of the molecule is CCC(=CC1=CCc2ccccc21)CC. The highest BCUT2D eigenvalue weighted by molar-refractivity contribution is 5.80. The van der Waals surface area contributed by atoms with E-state index in [1.165, 1.54) is 22.3 Å². The van der Waals surface area contributed by atoms with E-state index in [1.54, 1.807) is 0 Å². The Hall–Kier alpha value is -1.30. The second-order valence-corrected chi connectivity index (χ2v) is 4.03. The molecule has 1 aliphatic carbocycles. The Labute approximate surface area is 92.3 Å². The molecule has 78 valence electrons. The molecule has 0 N–H and O–H groups in total. The second kappa shape index (κ2) is 4.48. The van der Waals surface area contributed by atoms with Crippen LogP contribution in [0.15, 0.2) is 42.0 Å². The third kappa shape index (κ3) is 2.04. The van der Waals surface area contributed by atoms with Crippen LogP contribution in [0.1, 0.15) is 37.8 Å². The third-order valence-corrected chi connectivity index (χ3v) is 3.14. The van der Waals surface area contributed by atoms with Crippen LogP contribution in [0.2, 0.25) is 0 Å². The summed E-state index contributed by atoms with van der Waals surface area (Å²) >= 11 is 0. The van der Waals surface area contributed by atoms with Crippen molar-refractivity contribution in [2.24, 2.45) is 0 Å². The van der Waals surface area contributed by atoms with Gasteiger partial charge in [0.1, 0.15) is 0 Å². The monoisotopic (exact) mass is 198 g/mol. The van der Waals surface area contributed by atoms with Crippen LogP contribution in [0.5, 0.6) is 0 Å². The smallest absolute Gasteiger partial charge is 0.00821 e. The summed E-state index contributed by atoms with van der Waals surface area (Å²) in [6.45, 7) is 4.47. The van der Waals surface area contributed by atoms with Crippen LogP contribution in [-0.4, -0.2) is 0 Å². The van der Waals surface area contributed by atoms with E-state index in [-0.39, 0.29) is 0 Å². The maximum absolute atomic E-state index is 2.37. The molecule has 0 aliphatic heterocycles. The van der Waals surface area contributed by atoms with Gasteiger partial charge in [-0.3, -0.25) is 0 Å². The summed E-state index contributed by atoms with van der Waals surface area (Å²) in [4.78, 5) is 0. The zero-order chi connectivity index (χ0) is 10.7. The highest BCUT2D eigenvalue weighted by atomic mass is 14.2. The first-order chi connectivity index (χ1) is 7.35. The lowest BCUT2D eigenvalue weighted by atomic mass is 10.0. The Bertz CT molecular complexity index is 402. The summed E-state index contributed by atoms with van der Waals surface area (Å²) in [7, 11) is 0. The standard InChI is InChI=1S/C15H18/c1-3-12(4-2)11-14-10-9-13-7-5-6-8-15(13)14/h5-8,10-11H,3-4,9H2,1-2H3. The molecule has 1 aliphatic rings. The van der Waals surface area contributed by atoms with E-state index in [0.717, 1.165) is 19.3 Å². The van der Waals surface area contributed by atoms with Crippen LogP contribution in [0.25, 0.3) is 5.57 Å². The van der Waals surface area contributed by atoms with Crippen molar-refractivity contribution in [2.45, 2.75) is 33.1 Å². The van der Waals surface area contributed by atoms with Crippen molar-refractivity contribution < 1.29 is 0 Å². The van der Waals surface area contributed by atoms with Crippen molar-refractivity contribution in [3.05, 3.63) is 53.1 Å². The summed E-state index contributed by atoms with van der Waals surface area (Å²) in [6, 6.07) is 8.71. The molecule has 0 aromatic heterocycles. The van der Waals surface area contributed by atoms with Gasteiger partial charge in [0.2, 0.25) is 0 Å². The summed E-state index contributed by atoms with van der Waals surface area (Å²) in [5, 5.41) is 0. The summed E-state index contributed by atoms with van der Waals surface area (Å²) in [5.74, 6) is 0. The first kappa shape index (κ1) is 10.2. The minimum atomic E-state index is 1.10. The maximum atomic E-state index is 2.37. The number of hydrogen-bond acceptors (Lipinski definition) is 0. The van der Waals surface area contributed by atoms with E-state index >= 15 is 0 Å². The quantitative estimate of drug-likeness (QED) is 0.676. The average molecular weight is 198 g/mol. The molecule has 1 aromatic carbocycles. The van der Waals surface area contributed by atoms with Gasteiger partial charge in [-0.25, -0.2) is 0 Å². The predicted octanol–water partition coefficient (Wildman–Crippen LogP) is 4.37. The number of rotatable bonds is 3. The van der Waals surface area contributed by atoms with Gasteiger partial charge in [0.25, 0.3) is 0 Å². The van der Waals surface area contributed by atoms with E-state index in [1.807, 2.05) is 0 Å². The fraction of sp³-hybridized carbons (Fsp3) is 0.333. The van der Waals surface area contributed by atoms with Crippen LogP contribution in [0, 0.1) is 0 Å². The lowest BCUT2D eigenvalue weighted by Gasteiger charge is -2.04. The molecule has 0 heterocycles. The number of hydrogen-bond donors (Lipinski definition) is 0. The fourth-order valence-corrected chi connectivity index (χ4v) is 2.12. The lowest BCUT2D eigenvalue weighted by molar-refractivity contribution is 0.979. The van der Waals surface area contributed by atoms with Crippen LogP contribution in [0.3, 0.4) is 0 Å². The third-order valence-electron chi connectivity index (χ3n) is 3.14. The van der Waals surface area contributed by atoms with Crippen molar-refractivity contribution in [1.82, 2.24) is 0 Å². The molecule has 0 spiro atoms. The van der Waals surface area contributed by atoms with Crippen LogP contribution in [0.4, 0.5) is 0 Å². The fourth-order valence-electron chi connectivity index (χ4n) is 2.12. The van der Waals surface area contributed by atoms with Crippen molar-refractivity contribution in [1.29, 1.82) is 0 Å². The van der Waals surface area contributed by atoms with E-state index in [0.29, 0.717) is 0 Å². The number of fused-ring (bicyclic) bond motifs is 1. The summed E-state index contributed by atoms with van der Waals surface area (Å²) in [5.41, 5.74) is 5.86. The topological polar surface area (TPSA) is 0 Å². The second-order valence-electron chi connectivity index (χ2n) is 4.03. The normalized spacial score (nSPS) is 13.3. The molecular formula is C15H18. The molecule has 0 saturated heterocycles. The molecule has 0 radical (unpaired) electrons. The van der Waals surface area contributed by atoms with Crippen LogP contribution in [-0.2, 0) is 6.42 Å². The number of benzene rings is 1. The van der Waals surface area contributed by atoms with Gasteiger partial charge < -0.3 is 0 Å². The van der Waals surface area contributed by atoms with Gasteiger partial charge in [-0.2, -0.15) is 0 Å². The van der Waals surface area contributed by atoms with E-state index in [4.69, 9.17) is 0 Å². The van der Waals surface area contributed by atoms with E-state index in [9.17, 15) is 0 Å². The van der Waals surface area contributed by atoms with Gasteiger partial charge in [0.05, 0.1) is 0 Å². The Balaban J connectivity index is 2.31. The minimum Gasteiger partial charge on any atom is -0.0722 e. The largest absolute Gasteiger partial charge is 0.0722 e. The molecule has 2 rings (SSSR count). The highest BCUT2D eigenvalue weighted by Crippen LogP contribution is 2.29. The predicted molar refractivity (Wildman–Crippen MR) is 66.8 cm³/mol. The average Bonchev–Trinajstić information content (AvgIpc) is 2.69. The van der Waals surface area contributed by atoms with Gasteiger partial charge in [-0.15, -0.1) is 0 Å². The molecule has 0 atom stereocenters. The van der Waals surface area contributed by atoms with Gasteiger partial charge in [-0.1, -0.05) is 55.8 Å². The van der Waals surface area contributed by atoms with Gasteiger partial charge in [0.15, 0.2) is 0 Å². The first-order valence-corrected chi connectivity index (χ1v) is 5.83. The molecule has 0 heteroatoms. The molecule has 0 bridgehead atoms. The molecular weight excluding hydrogens is 180 g/mol. The highest BCUT2D eigenvalue weighted by Gasteiger charge is 2.10. The summed E-state index contributed by atoms with van der Waals surface area (Å²) < 4.78 is 0. The van der Waals surface area contributed by atoms with Gasteiger partial charge in [0, 0.05) is 0 Å². The Morgan fingerprint density at radius 1 is 1.20 bits per heavy atom. The first-order valence-electron chi connectivity index (χ1n) is 5.83. The Morgan fingerprint density at radius 3 is 2.67 bits per heavy atom. The lowest BCUT2D eigenvalue weighted by Crippen LogP contribution is -1.83. The molecule has 0 saturated carbocycles. The van der Waals surface area contributed by atoms with Crippen molar-refractivity contribution in [2.75, 3.05) is 0 Å². The number of allylic oxidation sites excluding steroid dienone is 4. The maximum Gasteiger partial charge on any atom is -0.00821 e. The molecule has 1 aromatic rings. The molecule has 0 amide bonds. The minimum absolute atomic E-state index is 1.10. The molecule has 0 unspecified atom stereocenters. The van der Waals surface area contributed by atoms with Gasteiger partial charge >= 0.3 is 0 Å². The molecule has 15 heavy (non-hydrogen) atoms. The van der Waals surface area contributed by atoms with Crippen molar-refractivity contribution in [3.8, 4) is 0 Å². The van der Waals surface area contributed by atoms with Crippen molar-refractivity contribution >= 4 is 5.57 Å². The zero-order valence-electron chi connectivity index (χ0n) is 9.59. The molecule has 0 nitrogen and oxygen atoms in total. The summed E-state index contributed by atoms with van der Waals surface area (Å²) in [6.07, 6.45) is 8.14. The Kier molecular flexibility index (Phi) is 3.05. The zero-order valence-corrected chi connectivity index (χ0v) is 9.59.